The third-order valence-corrected chi connectivity index (χ3v) is 3.34. The third-order valence-electron chi connectivity index (χ3n) is 3.34. The molecule has 1 aromatic heterocycles. The quantitative estimate of drug-likeness (QED) is 0.874. The fourth-order valence-corrected chi connectivity index (χ4v) is 2.28. The normalized spacial score (nSPS) is 13.5. The van der Waals surface area contributed by atoms with E-state index < -0.39 is 0 Å². The predicted molar refractivity (Wildman–Crippen MR) is 73.8 cm³/mol. The number of hydrogen-bond acceptors (Lipinski definition) is 3. The van der Waals surface area contributed by atoms with Crippen LogP contribution in [0.1, 0.15) is 31.0 Å². The van der Waals surface area contributed by atoms with Crippen molar-refractivity contribution in [1.82, 2.24) is 9.97 Å². The molecule has 3 rings (SSSR count). The number of aromatic nitrogens is 2. The standard InChI is InChI=1S/C15H17N3/c1-10(2)13-6-8-17-15(18-13)12-3-4-14-11(9-12)5-7-16-14/h3-4,6,8-10,16H,5,7H2,1-2H3. The highest BCUT2D eigenvalue weighted by atomic mass is 14.9. The van der Waals surface area contributed by atoms with Crippen molar-refractivity contribution in [1.29, 1.82) is 0 Å². The number of rotatable bonds is 2. The number of benzene rings is 1. The maximum Gasteiger partial charge on any atom is 0.159 e. The molecule has 0 saturated carbocycles. The van der Waals surface area contributed by atoms with Gasteiger partial charge in [0.15, 0.2) is 5.82 Å². The number of hydrogen-bond donors (Lipinski definition) is 1. The summed E-state index contributed by atoms with van der Waals surface area (Å²) in [6, 6.07) is 8.41. The molecular weight excluding hydrogens is 222 g/mol. The number of nitrogens with zero attached hydrogens (tertiary/aromatic N) is 2. The minimum Gasteiger partial charge on any atom is -0.384 e. The average molecular weight is 239 g/mol. The van der Waals surface area contributed by atoms with Crippen LogP contribution in [0.5, 0.6) is 0 Å². The summed E-state index contributed by atoms with van der Waals surface area (Å²) in [5.74, 6) is 1.26. The Morgan fingerprint density at radius 1 is 1.22 bits per heavy atom. The van der Waals surface area contributed by atoms with Crippen molar-refractivity contribution >= 4 is 5.69 Å². The van der Waals surface area contributed by atoms with Crippen LogP contribution >= 0.6 is 0 Å². The van der Waals surface area contributed by atoms with Crippen molar-refractivity contribution in [3.05, 3.63) is 41.7 Å². The highest BCUT2D eigenvalue weighted by Crippen LogP contribution is 2.27. The summed E-state index contributed by atoms with van der Waals surface area (Å²) in [6.45, 7) is 5.34. The maximum atomic E-state index is 4.64. The Bertz CT molecular complexity index is 576. The van der Waals surface area contributed by atoms with Crippen LogP contribution in [0.15, 0.2) is 30.5 Å². The highest BCUT2D eigenvalue weighted by molar-refractivity contribution is 5.65. The molecule has 0 atom stereocenters. The molecule has 1 aliphatic rings. The maximum absolute atomic E-state index is 4.64. The lowest BCUT2D eigenvalue weighted by Gasteiger charge is -2.07. The van der Waals surface area contributed by atoms with Crippen LogP contribution in [-0.4, -0.2) is 16.5 Å². The second-order valence-corrected chi connectivity index (χ2v) is 5.01. The van der Waals surface area contributed by atoms with Crippen molar-refractivity contribution < 1.29 is 0 Å². The van der Waals surface area contributed by atoms with Gasteiger partial charge in [0.25, 0.3) is 0 Å². The monoisotopic (exact) mass is 239 g/mol. The molecule has 92 valence electrons. The molecule has 0 radical (unpaired) electrons. The minimum atomic E-state index is 0.433. The Hall–Kier alpha value is -1.90. The van der Waals surface area contributed by atoms with Crippen LogP contribution in [-0.2, 0) is 6.42 Å². The van der Waals surface area contributed by atoms with Gasteiger partial charge in [0.2, 0.25) is 0 Å². The highest BCUT2D eigenvalue weighted by Gasteiger charge is 2.12. The van der Waals surface area contributed by atoms with Crippen molar-refractivity contribution in [2.45, 2.75) is 26.2 Å². The summed E-state index contributed by atoms with van der Waals surface area (Å²) in [6.07, 6.45) is 2.94. The van der Waals surface area contributed by atoms with Crippen molar-refractivity contribution in [2.24, 2.45) is 0 Å². The number of fused-ring (bicyclic) bond motifs is 1. The van der Waals surface area contributed by atoms with E-state index in [4.69, 9.17) is 0 Å². The molecule has 0 unspecified atom stereocenters. The van der Waals surface area contributed by atoms with Crippen molar-refractivity contribution in [3.8, 4) is 11.4 Å². The zero-order chi connectivity index (χ0) is 12.5. The lowest BCUT2D eigenvalue weighted by molar-refractivity contribution is 0.816. The fraction of sp³-hybridized carbons (Fsp3) is 0.333. The first kappa shape index (κ1) is 11.2. The second kappa shape index (κ2) is 4.41. The van der Waals surface area contributed by atoms with Crippen LogP contribution in [0.4, 0.5) is 5.69 Å². The largest absolute Gasteiger partial charge is 0.384 e. The molecule has 0 aliphatic carbocycles. The Morgan fingerprint density at radius 2 is 2.11 bits per heavy atom. The molecule has 18 heavy (non-hydrogen) atoms. The van der Waals surface area contributed by atoms with E-state index in [1.54, 1.807) is 0 Å². The van der Waals surface area contributed by atoms with Gasteiger partial charge < -0.3 is 5.32 Å². The lowest BCUT2D eigenvalue weighted by Crippen LogP contribution is -1.97. The van der Waals surface area contributed by atoms with Gasteiger partial charge >= 0.3 is 0 Å². The minimum absolute atomic E-state index is 0.433. The van der Waals surface area contributed by atoms with E-state index in [1.807, 2.05) is 12.3 Å². The predicted octanol–water partition coefficient (Wildman–Crippen LogP) is 3.24. The summed E-state index contributed by atoms with van der Waals surface area (Å²) in [7, 11) is 0. The van der Waals surface area contributed by atoms with Gasteiger partial charge in [0, 0.05) is 29.7 Å². The molecular formula is C15H17N3. The Labute approximate surface area is 107 Å². The smallest absolute Gasteiger partial charge is 0.159 e. The van der Waals surface area contributed by atoms with E-state index >= 15 is 0 Å². The summed E-state index contributed by atoms with van der Waals surface area (Å²) >= 11 is 0. The molecule has 0 bridgehead atoms. The molecule has 1 aliphatic heterocycles. The van der Waals surface area contributed by atoms with Crippen molar-refractivity contribution in [2.75, 3.05) is 11.9 Å². The molecule has 2 aromatic rings. The second-order valence-electron chi connectivity index (χ2n) is 5.01. The van der Waals surface area contributed by atoms with Gasteiger partial charge in [0.1, 0.15) is 0 Å². The van der Waals surface area contributed by atoms with Crippen LogP contribution in [0.2, 0.25) is 0 Å². The summed E-state index contributed by atoms with van der Waals surface area (Å²) in [5, 5.41) is 3.37. The SMILES string of the molecule is CC(C)c1ccnc(-c2ccc3c(c2)CCN3)n1. The van der Waals surface area contributed by atoms with E-state index in [2.05, 4.69) is 47.3 Å². The van der Waals surface area contributed by atoms with Gasteiger partial charge in [0.05, 0.1) is 0 Å². The van der Waals surface area contributed by atoms with Gasteiger partial charge in [-0.2, -0.15) is 0 Å². The number of nitrogens with one attached hydrogen (secondary N) is 1. The van der Waals surface area contributed by atoms with Crippen LogP contribution in [0, 0.1) is 0 Å². The van der Waals surface area contributed by atoms with Gasteiger partial charge in [-0.25, -0.2) is 9.97 Å². The molecule has 3 heteroatoms. The number of anilines is 1. The van der Waals surface area contributed by atoms with E-state index in [-0.39, 0.29) is 0 Å². The summed E-state index contributed by atoms with van der Waals surface area (Å²) in [5.41, 5.74) is 4.82. The average Bonchev–Trinajstić information content (AvgIpc) is 2.86. The molecule has 2 heterocycles. The Kier molecular flexibility index (Phi) is 2.74. The lowest BCUT2D eigenvalue weighted by atomic mass is 10.1. The molecule has 1 N–H and O–H groups in total. The molecule has 0 saturated heterocycles. The molecule has 3 nitrogen and oxygen atoms in total. The molecule has 0 spiro atoms. The first-order valence-corrected chi connectivity index (χ1v) is 6.44. The fourth-order valence-electron chi connectivity index (χ4n) is 2.28. The van der Waals surface area contributed by atoms with Gasteiger partial charge in [-0.15, -0.1) is 0 Å². The van der Waals surface area contributed by atoms with Crippen molar-refractivity contribution in [3.63, 3.8) is 0 Å². The zero-order valence-corrected chi connectivity index (χ0v) is 10.8. The summed E-state index contributed by atoms with van der Waals surface area (Å²) in [4.78, 5) is 9.02. The van der Waals surface area contributed by atoms with Crippen LogP contribution in [0.25, 0.3) is 11.4 Å². The molecule has 0 fully saturated rings. The Morgan fingerprint density at radius 3 is 2.94 bits per heavy atom. The van der Waals surface area contributed by atoms with Crippen LogP contribution in [0.3, 0.4) is 0 Å². The first-order chi connectivity index (χ1) is 8.74. The van der Waals surface area contributed by atoms with E-state index in [0.29, 0.717) is 5.92 Å². The Balaban J connectivity index is 2.02. The van der Waals surface area contributed by atoms with Gasteiger partial charge in [-0.05, 0) is 42.2 Å². The summed E-state index contributed by atoms with van der Waals surface area (Å²) < 4.78 is 0. The molecule has 0 amide bonds. The van der Waals surface area contributed by atoms with Gasteiger partial charge in [-0.3, -0.25) is 0 Å². The van der Waals surface area contributed by atoms with Crippen LogP contribution < -0.4 is 5.32 Å². The first-order valence-electron chi connectivity index (χ1n) is 6.44. The van der Waals surface area contributed by atoms with Gasteiger partial charge in [-0.1, -0.05) is 13.8 Å². The van der Waals surface area contributed by atoms with E-state index in [1.165, 1.54) is 11.3 Å². The topological polar surface area (TPSA) is 37.8 Å². The van der Waals surface area contributed by atoms with E-state index in [9.17, 15) is 0 Å². The molecule has 1 aromatic carbocycles. The zero-order valence-electron chi connectivity index (χ0n) is 10.8. The van der Waals surface area contributed by atoms with E-state index in [0.717, 1.165) is 30.0 Å². The third kappa shape index (κ3) is 1.96.